The number of halogens is 1. The van der Waals surface area contributed by atoms with E-state index in [1.165, 1.54) is 18.6 Å². The van der Waals surface area contributed by atoms with E-state index < -0.39 is 11.3 Å². The van der Waals surface area contributed by atoms with Crippen LogP contribution in [-0.2, 0) is 12.0 Å². The first-order valence-electron chi connectivity index (χ1n) is 9.03. The minimum atomic E-state index is -0.439. The van der Waals surface area contributed by atoms with Crippen LogP contribution in [-0.4, -0.2) is 17.0 Å². The number of ether oxygens (including phenoxy) is 1. The fraction of sp³-hybridized carbons (Fsp3) is 0.476. The first-order chi connectivity index (χ1) is 13.0. The van der Waals surface area contributed by atoms with Gasteiger partial charge in [0, 0.05) is 22.3 Å². The van der Waals surface area contributed by atoms with E-state index in [9.17, 15) is 10.1 Å². The van der Waals surface area contributed by atoms with Gasteiger partial charge in [0.05, 0.1) is 24.2 Å². The highest BCUT2D eigenvalue weighted by Gasteiger charge is 2.21. The van der Waals surface area contributed by atoms with E-state index in [1.807, 2.05) is 20.0 Å². The van der Waals surface area contributed by atoms with Crippen LogP contribution in [0.5, 0.6) is 5.75 Å². The van der Waals surface area contributed by atoms with Crippen LogP contribution in [0.1, 0.15) is 57.0 Å². The van der Waals surface area contributed by atoms with E-state index in [0.717, 1.165) is 5.56 Å². The Labute approximate surface area is 175 Å². The maximum atomic E-state index is 12.9. The summed E-state index contributed by atoms with van der Waals surface area (Å²) in [6.07, 6.45) is 3.37. The van der Waals surface area contributed by atoms with Gasteiger partial charge in [-0.25, -0.2) is 0 Å². The average Bonchev–Trinajstić information content (AvgIpc) is 3.03. The van der Waals surface area contributed by atoms with Crippen molar-refractivity contribution in [3.05, 3.63) is 45.2 Å². The number of benzene rings is 1. The van der Waals surface area contributed by atoms with E-state index in [0.29, 0.717) is 33.8 Å². The summed E-state index contributed by atoms with van der Waals surface area (Å²) in [4.78, 5) is 17.2. The Morgan fingerprint density at radius 3 is 2.57 bits per heavy atom. The minimum Gasteiger partial charge on any atom is -0.496 e. The fourth-order valence-corrected chi connectivity index (χ4v) is 3.68. The highest BCUT2D eigenvalue weighted by atomic mass is 35.5. The summed E-state index contributed by atoms with van der Waals surface area (Å²) >= 11 is 7.49. The van der Waals surface area contributed by atoms with Crippen molar-refractivity contribution >= 4 is 29.0 Å². The van der Waals surface area contributed by atoms with Crippen molar-refractivity contribution in [2.24, 2.45) is 10.4 Å². The molecule has 0 fully saturated rings. The molecule has 1 aromatic heterocycles. The summed E-state index contributed by atoms with van der Waals surface area (Å²) in [6.45, 7) is 10.1. The van der Waals surface area contributed by atoms with E-state index in [-0.39, 0.29) is 5.54 Å². The molecule has 1 heterocycles. The van der Waals surface area contributed by atoms with Gasteiger partial charge in [0.25, 0.3) is 5.91 Å². The van der Waals surface area contributed by atoms with Crippen molar-refractivity contribution in [2.75, 3.05) is 7.11 Å². The Morgan fingerprint density at radius 1 is 1.32 bits per heavy atom. The molecule has 5 nitrogen and oxygen atoms in total. The van der Waals surface area contributed by atoms with Crippen LogP contribution in [0.15, 0.2) is 29.4 Å². The molecule has 28 heavy (non-hydrogen) atoms. The second-order valence-electron chi connectivity index (χ2n) is 8.30. The molecule has 2 aromatic rings. The summed E-state index contributed by atoms with van der Waals surface area (Å²) in [5.41, 5.74) is 0.715. The standard InChI is InChI=1S/C21H26ClN3O2S/c1-20(2,3)25-12-14(9-10-21(4,5)13-23)19(28-25)24-18(26)16-11-15(22)7-8-17(16)27-6/h7-8,11-12H,9-10H2,1-6H3. The maximum Gasteiger partial charge on any atom is 0.282 e. The number of aryl methyl sites for hydroxylation is 1. The molecule has 1 amide bonds. The Bertz CT molecular complexity index is 975. The lowest BCUT2D eigenvalue weighted by Crippen LogP contribution is -2.18. The van der Waals surface area contributed by atoms with Crippen LogP contribution in [0.3, 0.4) is 0 Å². The first kappa shape index (κ1) is 22.2. The lowest BCUT2D eigenvalue weighted by molar-refractivity contribution is 0.0996. The zero-order valence-electron chi connectivity index (χ0n) is 17.2. The third kappa shape index (κ3) is 5.46. The quantitative estimate of drug-likeness (QED) is 0.669. The van der Waals surface area contributed by atoms with Gasteiger partial charge in [-0.2, -0.15) is 10.3 Å². The van der Waals surface area contributed by atoms with Crippen molar-refractivity contribution in [2.45, 2.75) is 53.0 Å². The van der Waals surface area contributed by atoms with Crippen molar-refractivity contribution < 1.29 is 9.53 Å². The maximum absolute atomic E-state index is 12.9. The molecular weight excluding hydrogens is 394 g/mol. The van der Waals surface area contributed by atoms with E-state index in [1.54, 1.807) is 18.2 Å². The summed E-state index contributed by atoms with van der Waals surface area (Å²) < 4.78 is 8.01. The van der Waals surface area contributed by atoms with Gasteiger partial charge in [0.1, 0.15) is 10.4 Å². The Morgan fingerprint density at radius 2 is 2.00 bits per heavy atom. The molecular formula is C21H26ClN3O2S. The zero-order valence-corrected chi connectivity index (χ0v) is 18.7. The summed E-state index contributed by atoms with van der Waals surface area (Å²) in [7, 11) is 1.51. The van der Waals surface area contributed by atoms with Gasteiger partial charge in [-0.15, -0.1) is 0 Å². The summed E-state index contributed by atoms with van der Waals surface area (Å²) in [5, 5.41) is 9.75. The number of aromatic nitrogens is 1. The summed E-state index contributed by atoms with van der Waals surface area (Å²) in [6, 6.07) is 7.22. The topological polar surface area (TPSA) is 67.4 Å². The lowest BCUT2D eigenvalue weighted by Gasteiger charge is -2.19. The zero-order chi connectivity index (χ0) is 21.1. The monoisotopic (exact) mass is 419 g/mol. The van der Waals surface area contributed by atoms with Gasteiger partial charge in [0.2, 0.25) is 0 Å². The van der Waals surface area contributed by atoms with Crippen LogP contribution >= 0.6 is 23.1 Å². The third-order valence-electron chi connectivity index (χ3n) is 4.31. The fourth-order valence-electron chi connectivity index (χ4n) is 2.47. The number of nitrogens with zero attached hydrogens (tertiary/aromatic N) is 3. The smallest absolute Gasteiger partial charge is 0.282 e. The van der Waals surface area contributed by atoms with Crippen molar-refractivity contribution in [3.8, 4) is 11.8 Å². The number of carbonyl (C=O) groups excluding carboxylic acids is 1. The van der Waals surface area contributed by atoms with E-state index >= 15 is 0 Å². The van der Waals surface area contributed by atoms with Crippen LogP contribution in [0.2, 0.25) is 5.02 Å². The largest absolute Gasteiger partial charge is 0.496 e. The molecule has 7 heteroatoms. The highest BCUT2D eigenvalue weighted by Crippen LogP contribution is 2.25. The Kier molecular flexibility index (Phi) is 6.74. The van der Waals surface area contributed by atoms with Crippen LogP contribution < -0.4 is 9.41 Å². The highest BCUT2D eigenvalue weighted by molar-refractivity contribution is 7.04. The van der Waals surface area contributed by atoms with Crippen LogP contribution in [0.25, 0.3) is 0 Å². The number of hydrogen-bond donors (Lipinski definition) is 0. The second kappa shape index (κ2) is 8.50. The van der Waals surface area contributed by atoms with Gasteiger partial charge in [-0.1, -0.05) is 11.6 Å². The normalized spacial score (nSPS) is 12.7. The van der Waals surface area contributed by atoms with Crippen molar-refractivity contribution in [3.63, 3.8) is 0 Å². The molecule has 0 atom stereocenters. The molecule has 0 aliphatic heterocycles. The number of amides is 1. The average molecular weight is 420 g/mol. The molecule has 0 bridgehead atoms. The van der Waals surface area contributed by atoms with E-state index in [2.05, 4.69) is 35.8 Å². The minimum absolute atomic E-state index is 0.130. The van der Waals surface area contributed by atoms with Gasteiger partial charge >= 0.3 is 0 Å². The number of rotatable bonds is 5. The predicted octanol–water partition coefficient (Wildman–Crippen LogP) is 5.19. The molecule has 2 rings (SSSR count). The van der Waals surface area contributed by atoms with Gasteiger partial charge < -0.3 is 4.74 Å². The van der Waals surface area contributed by atoms with Crippen molar-refractivity contribution in [1.29, 1.82) is 5.26 Å². The van der Waals surface area contributed by atoms with Gasteiger partial charge in [-0.05, 0) is 77.2 Å². The number of carbonyl (C=O) groups is 1. The molecule has 0 saturated heterocycles. The molecule has 150 valence electrons. The molecule has 0 aliphatic carbocycles. The second-order valence-corrected chi connectivity index (χ2v) is 9.70. The van der Waals surface area contributed by atoms with Crippen molar-refractivity contribution in [1.82, 2.24) is 3.96 Å². The number of methoxy groups -OCH3 is 1. The number of nitriles is 1. The molecule has 0 N–H and O–H groups in total. The molecule has 0 spiro atoms. The lowest BCUT2D eigenvalue weighted by atomic mass is 9.88. The van der Waals surface area contributed by atoms with E-state index in [4.69, 9.17) is 16.3 Å². The summed E-state index contributed by atoms with van der Waals surface area (Å²) in [5.74, 6) is 0.0358. The molecule has 1 aromatic carbocycles. The van der Waals surface area contributed by atoms with Gasteiger partial charge in [-0.3, -0.25) is 8.75 Å². The van der Waals surface area contributed by atoms with Crippen LogP contribution in [0, 0.1) is 16.7 Å². The Balaban J connectivity index is 2.50. The molecule has 0 unspecified atom stereocenters. The van der Waals surface area contributed by atoms with Gasteiger partial charge in [0.15, 0.2) is 0 Å². The third-order valence-corrected chi connectivity index (χ3v) is 5.92. The molecule has 0 saturated carbocycles. The Hall–Kier alpha value is -2.10. The molecule has 0 radical (unpaired) electrons. The SMILES string of the molecule is COc1ccc(Cl)cc1C(=O)N=c1sn(C(C)(C)C)cc1CCC(C)(C)C#N. The molecule has 0 aliphatic rings. The predicted molar refractivity (Wildman–Crippen MR) is 113 cm³/mol. The van der Waals surface area contributed by atoms with Crippen LogP contribution in [0.4, 0.5) is 0 Å². The first-order valence-corrected chi connectivity index (χ1v) is 10.2. The number of hydrogen-bond acceptors (Lipinski definition) is 4.